The highest BCUT2D eigenvalue weighted by atomic mass is 16.6. The summed E-state index contributed by atoms with van der Waals surface area (Å²) in [5, 5.41) is 0. The normalized spacial score (nSPS) is 12.8. The average molecular weight is 1060 g/mol. The van der Waals surface area contributed by atoms with Crippen molar-refractivity contribution in [3.8, 4) is 0 Å². The second-order valence-corrected chi connectivity index (χ2v) is 20.9. The SMILES string of the molecule is CC/C=C\C/C=C\C/C=C\C/C=C\C/C=C\CCCCCCCCCC(=O)OCC(COC(=O)CCCCCCC/C=C\C/C=C\CCCC)OC(=O)CCCCCCCCCCC/C=C\C/C=C\CCCCCCC. The molecule has 6 nitrogen and oxygen atoms in total. The van der Waals surface area contributed by atoms with E-state index in [0.29, 0.717) is 19.3 Å². The Bertz CT molecular complexity index is 1540. The van der Waals surface area contributed by atoms with Crippen LogP contribution < -0.4 is 0 Å². The van der Waals surface area contributed by atoms with E-state index in [1.165, 1.54) is 128 Å². The summed E-state index contributed by atoms with van der Waals surface area (Å²) in [5.74, 6) is -0.913. The van der Waals surface area contributed by atoms with Crippen molar-refractivity contribution in [3.05, 3.63) is 109 Å². The maximum absolute atomic E-state index is 12.9. The van der Waals surface area contributed by atoms with Gasteiger partial charge in [-0.3, -0.25) is 14.4 Å². The smallest absolute Gasteiger partial charge is 0.306 e. The van der Waals surface area contributed by atoms with E-state index < -0.39 is 6.10 Å². The van der Waals surface area contributed by atoms with E-state index >= 15 is 0 Å². The number of hydrogen-bond donors (Lipinski definition) is 0. The molecule has 0 aromatic carbocycles. The van der Waals surface area contributed by atoms with Gasteiger partial charge in [0.2, 0.25) is 0 Å². The molecule has 0 aromatic heterocycles. The van der Waals surface area contributed by atoms with E-state index in [0.717, 1.165) is 128 Å². The molecule has 1 atom stereocenters. The fourth-order valence-corrected chi connectivity index (χ4v) is 8.69. The van der Waals surface area contributed by atoms with Crippen LogP contribution >= 0.6 is 0 Å². The molecule has 0 aliphatic carbocycles. The molecule has 0 saturated carbocycles. The number of carbonyl (C=O) groups excluding carboxylic acids is 3. The molecule has 0 saturated heterocycles. The Morgan fingerprint density at radius 3 is 0.842 bits per heavy atom. The van der Waals surface area contributed by atoms with Crippen molar-refractivity contribution in [1.82, 2.24) is 0 Å². The van der Waals surface area contributed by atoms with Gasteiger partial charge in [-0.25, -0.2) is 0 Å². The number of carbonyl (C=O) groups is 3. The molecule has 0 aliphatic rings. The average Bonchev–Trinajstić information content (AvgIpc) is 3.42. The van der Waals surface area contributed by atoms with Gasteiger partial charge in [-0.1, -0.05) is 265 Å². The number of hydrogen-bond acceptors (Lipinski definition) is 6. The molecule has 0 radical (unpaired) electrons. The number of esters is 3. The summed E-state index contributed by atoms with van der Waals surface area (Å²) in [6.07, 6.45) is 86.5. The van der Waals surface area contributed by atoms with Crippen molar-refractivity contribution >= 4 is 17.9 Å². The van der Waals surface area contributed by atoms with Gasteiger partial charge < -0.3 is 14.2 Å². The van der Waals surface area contributed by atoms with E-state index in [4.69, 9.17) is 14.2 Å². The first-order chi connectivity index (χ1) is 37.5. The van der Waals surface area contributed by atoms with E-state index in [1.54, 1.807) is 0 Å². The molecule has 0 amide bonds. The van der Waals surface area contributed by atoms with E-state index in [-0.39, 0.29) is 31.1 Å². The molecule has 0 rings (SSSR count). The third-order valence-electron chi connectivity index (χ3n) is 13.5. The van der Waals surface area contributed by atoms with Crippen LogP contribution in [0, 0.1) is 0 Å². The molecular formula is C70H118O6. The lowest BCUT2D eigenvalue weighted by atomic mass is 10.1. The van der Waals surface area contributed by atoms with Crippen molar-refractivity contribution in [2.75, 3.05) is 13.2 Å². The summed E-state index contributed by atoms with van der Waals surface area (Å²) in [6.45, 7) is 6.47. The predicted molar refractivity (Wildman–Crippen MR) is 330 cm³/mol. The third-order valence-corrected chi connectivity index (χ3v) is 13.5. The highest BCUT2D eigenvalue weighted by Gasteiger charge is 2.19. The van der Waals surface area contributed by atoms with Gasteiger partial charge in [-0.05, 0) is 122 Å². The molecule has 0 fully saturated rings. The lowest BCUT2D eigenvalue weighted by Gasteiger charge is -2.18. The molecular weight excluding hydrogens is 937 g/mol. The zero-order chi connectivity index (χ0) is 55.0. The first-order valence-electron chi connectivity index (χ1n) is 31.9. The zero-order valence-electron chi connectivity index (χ0n) is 49.7. The Morgan fingerprint density at radius 1 is 0.276 bits per heavy atom. The Morgan fingerprint density at radius 2 is 0.526 bits per heavy atom. The molecule has 6 heteroatoms. The summed E-state index contributed by atoms with van der Waals surface area (Å²) in [7, 11) is 0. The van der Waals surface area contributed by atoms with Crippen molar-refractivity contribution in [1.29, 1.82) is 0 Å². The van der Waals surface area contributed by atoms with Gasteiger partial charge in [0.15, 0.2) is 6.10 Å². The first-order valence-corrected chi connectivity index (χ1v) is 31.9. The van der Waals surface area contributed by atoms with Gasteiger partial charge in [0.1, 0.15) is 13.2 Å². The Hall–Kier alpha value is -3.93. The molecule has 0 aliphatic heterocycles. The minimum absolute atomic E-state index is 0.0910. The second kappa shape index (κ2) is 63.6. The first kappa shape index (κ1) is 72.1. The van der Waals surface area contributed by atoms with Crippen LogP contribution in [0.5, 0.6) is 0 Å². The number of rotatable bonds is 57. The topological polar surface area (TPSA) is 78.9 Å². The fourth-order valence-electron chi connectivity index (χ4n) is 8.69. The Balaban J connectivity index is 4.40. The lowest BCUT2D eigenvalue weighted by molar-refractivity contribution is -0.167. The number of ether oxygens (including phenoxy) is 3. The van der Waals surface area contributed by atoms with Crippen molar-refractivity contribution in [2.24, 2.45) is 0 Å². The van der Waals surface area contributed by atoms with Crippen molar-refractivity contribution < 1.29 is 28.6 Å². The minimum atomic E-state index is -0.794. The van der Waals surface area contributed by atoms with Crippen LogP contribution in [0.4, 0.5) is 0 Å². The Kier molecular flexibility index (Phi) is 60.3. The maximum atomic E-state index is 12.9. The summed E-state index contributed by atoms with van der Waals surface area (Å²) in [4.78, 5) is 38.3. The summed E-state index contributed by atoms with van der Waals surface area (Å²) < 4.78 is 16.9. The van der Waals surface area contributed by atoms with Crippen LogP contribution in [0.15, 0.2) is 109 Å². The lowest BCUT2D eigenvalue weighted by Crippen LogP contribution is -2.30. The molecule has 0 bridgehead atoms. The zero-order valence-corrected chi connectivity index (χ0v) is 49.7. The van der Waals surface area contributed by atoms with Crippen LogP contribution in [0.3, 0.4) is 0 Å². The quantitative estimate of drug-likeness (QED) is 0.0261. The van der Waals surface area contributed by atoms with Gasteiger partial charge in [0, 0.05) is 19.3 Å². The summed E-state index contributed by atoms with van der Waals surface area (Å²) in [5.41, 5.74) is 0. The van der Waals surface area contributed by atoms with Crippen molar-refractivity contribution in [3.63, 3.8) is 0 Å². The van der Waals surface area contributed by atoms with Crippen LogP contribution in [0.1, 0.15) is 297 Å². The number of unbranched alkanes of at least 4 members (excludes halogenated alkanes) is 28. The highest BCUT2D eigenvalue weighted by molar-refractivity contribution is 5.71. The molecule has 0 heterocycles. The van der Waals surface area contributed by atoms with Gasteiger partial charge in [0.05, 0.1) is 0 Å². The van der Waals surface area contributed by atoms with Gasteiger partial charge >= 0.3 is 17.9 Å². The van der Waals surface area contributed by atoms with Crippen LogP contribution in [-0.4, -0.2) is 37.2 Å². The van der Waals surface area contributed by atoms with Gasteiger partial charge in [0.25, 0.3) is 0 Å². The molecule has 0 N–H and O–H groups in total. The van der Waals surface area contributed by atoms with E-state index in [9.17, 15) is 14.4 Å². The molecule has 1 unspecified atom stereocenters. The summed E-state index contributed by atoms with van der Waals surface area (Å²) in [6, 6.07) is 0. The monoisotopic (exact) mass is 1050 g/mol. The van der Waals surface area contributed by atoms with E-state index in [1.807, 2.05) is 0 Å². The third kappa shape index (κ3) is 60.9. The highest BCUT2D eigenvalue weighted by Crippen LogP contribution is 2.15. The number of allylic oxidation sites excluding steroid dienone is 18. The predicted octanol–water partition coefficient (Wildman–Crippen LogP) is 21.8. The second-order valence-electron chi connectivity index (χ2n) is 20.9. The molecule has 76 heavy (non-hydrogen) atoms. The van der Waals surface area contributed by atoms with Crippen LogP contribution in [0.25, 0.3) is 0 Å². The van der Waals surface area contributed by atoms with Gasteiger partial charge in [-0.15, -0.1) is 0 Å². The minimum Gasteiger partial charge on any atom is -0.462 e. The standard InChI is InChI=1S/C70H118O6/c1-4-7-10-13-16-19-22-25-28-30-32-34-35-37-38-40-42-45-48-51-54-57-60-63-69(72)75-66-67(65-74-68(71)62-59-56-53-50-47-44-27-24-21-18-15-12-9-6-3)76-70(73)64-61-58-55-52-49-46-43-41-39-36-33-31-29-26-23-20-17-14-11-8-5-2/h7,10,15-16,18-19,23-28,31-34,37-38,67H,4-6,8-9,11-14,17,20-22,29-30,35-36,39-66H2,1-3H3/b10-7-,18-15-,19-16-,26-23-,27-24-,28-25-,33-31-,34-32-,38-37-. The maximum Gasteiger partial charge on any atom is 0.306 e. The molecule has 0 aromatic rings. The van der Waals surface area contributed by atoms with E-state index in [2.05, 4.69) is 130 Å². The molecule has 0 spiro atoms. The Labute approximate surface area is 470 Å². The van der Waals surface area contributed by atoms with Crippen LogP contribution in [0.2, 0.25) is 0 Å². The van der Waals surface area contributed by atoms with Gasteiger partial charge in [-0.2, -0.15) is 0 Å². The van der Waals surface area contributed by atoms with Crippen molar-refractivity contribution in [2.45, 2.75) is 303 Å². The molecule has 434 valence electrons. The van der Waals surface area contributed by atoms with Crippen LogP contribution in [-0.2, 0) is 28.6 Å². The fraction of sp³-hybridized carbons (Fsp3) is 0.700. The summed E-state index contributed by atoms with van der Waals surface area (Å²) >= 11 is 0. The largest absolute Gasteiger partial charge is 0.462 e.